The minimum Gasteiger partial charge on any atom is -0.370 e. The molecule has 224 valence electrons. The van der Waals surface area contributed by atoms with Crippen molar-refractivity contribution in [3.63, 3.8) is 0 Å². The van der Waals surface area contributed by atoms with Gasteiger partial charge in [0, 0.05) is 34.5 Å². The van der Waals surface area contributed by atoms with Gasteiger partial charge in [0.15, 0.2) is 0 Å². The fraction of sp³-hybridized carbons (Fsp3) is 0.649. The topological polar surface area (TPSA) is 21.1 Å². The number of nitrogens with zero attached hydrogens (tertiary/aromatic N) is 3. The van der Waals surface area contributed by atoms with Gasteiger partial charge in [-0.15, -0.1) is 11.8 Å². The average molecular weight is 574 g/mol. The summed E-state index contributed by atoms with van der Waals surface area (Å²) in [6.07, 6.45) is 16.0. The zero-order valence-corrected chi connectivity index (χ0v) is 27.5. The maximum absolute atomic E-state index is 5.11. The van der Waals surface area contributed by atoms with Crippen molar-refractivity contribution in [3.8, 4) is 0 Å². The first-order valence-electron chi connectivity index (χ1n) is 16.9. The molecule has 2 heterocycles. The van der Waals surface area contributed by atoms with Gasteiger partial charge in [0.05, 0.1) is 12.2 Å². The number of fused-ring (bicyclic) bond motifs is 3. The lowest BCUT2D eigenvalue weighted by Gasteiger charge is -2.30. The van der Waals surface area contributed by atoms with E-state index >= 15 is 0 Å². The summed E-state index contributed by atoms with van der Waals surface area (Å²) < 4.78 is 2.33. The molecule has 2 saturated carbocycles. The van der Waals surface area contributed by atoms with Crippen molar-refractivity contribution < 1.29 is 0 Å². The van der Waals surface area contributed by atoms with E-state index in [0.717, 1.165) is 42.6 Å². The number of hydrogen-bond donors (Lipinski definition) is 0. The molecule has 0 N–H and O–H groups in total. The summed E-state index contributed by atoms with van der Waals surface area (Å²) in [5, 5.41) is 5.92. The molecule has 41 heavy (non-hydrogen) atoms. The number of unbranched alkanes of at least 4 members (excludes halogenated alkanes) is 2. The van der Waals surface area contributed by atoms with Crippen LogP contribution in [0.4, 0.5) is 0 Å². The van der Waals surface area contributed by atoms with E-state index in [2.05, 4.69) is 86.8 Å². The Morgan fingerprint density at radius 1 is 1.05 bits per heavy atom. The highest BCUT2D eigenvalue weighted by Gasteiger charge is 2.56. The zero-order valence-electron chi connectivity index (χ0n) is 26.7. The summed E-state index contributed by atoms with van der Waals surface area (Å²) >= 11 is 2.09. The third-order valence-electron chi connectivity index (χ3n) is 10.1. The van der Waals surface area contributed by atoms with E-state index in [1.807, 2.05) is 0 Å². The van der Waals surface area contributed by atoms with Crippen molar-refractivity contribution in [1.82, 2.24) is 14.7 Å². The summed E-state index contributed by atoms with van der Waals surface area (Å²) in [7, 11) is 0. The minimum atomic E-state index is 0.763. The molecule has 0 radical (unpaired) electrons. The van der Waals surface area contributed by atoms with Crippen LogP contribution in [-0.4, -0.2) is 33.0 Å². The smallest absolute Gasteiger partial charge is 0.112 e. The summed E-state index contributed by atoms with van der Waals surface area (Å²) in [5.41, 5.74) is 10.2. The molecule has 1 aromatic heterocycles. The first kappa shape index (κ1) is 30.5. The Bertz CT molecular complexity index is 1210. The second-order valence-electron chi connectivity index (χ2n) is 13.3. The number of piperidine rings is 1. The lowest BCUT2D eigenvalue weighted by atomic mass is 10.0. The number of benzene rings is 1. The second-order valence-corrected chi connectivity index (χ2v) is 14.6. The third-order valence-corrected chi connectivity index (χ3v) is 11.6. The van der Waals surface area contributed by atoms with Crippen LogP contribution in [0.3, 0.4) is 0 Å². The number of aryl methyl sites for hydroxylation is 1. The number of likely N-dealkylation sites (tertiary alicyclic amines) is 1. The molecule has 0 spiro atoms. The van der Waals surface area contributed by atoms with E-state index in [1.54, 1.807) is 16.7 Å². The molecule has 3 nitrogen and oxygen atoms in total. The molecular formula is C37H55N3S. The molecule has 4 atom stereocenters. The monoisotopic (exact) mass is 573 g/mol. The van der Waals surface area contributed by atoms with E-state index in [4.69, 9.17) is 5.10 Å². The summed E-state index contributed by atoms with van der Waals surface area (Å²) in [6, 6.07) is 8.77. The molecule has 0 bridgehead atoms. The highest BCUT2D eigenvalue weighted by Crippen LogP contribution is 2.62. The van der Waals surface area contributed by atoms with Gasteiger partial charge in [-0.05, 0) is 94.6 Å². The van der Waals surface area contributed by atoms with Crippen molar-refractivity contribution in [2.75, 3.05) is 13.1 Å². The number of thioether (sulfide) groups is 1. The predicted octanol–water partition coefficient (Wildman–Crippen LogP) is 10.2. The van der Waals surface area contributed by atoms with Crippen LogP contribution in [-0.2, 0) is 13.0 Å². The van der Waals surface area contributed by atoms with Crippen LogP contribution in [0.15, 0.2) is 46.9 Å². The molecule has 0 amide bonds. The lowest BCUT2D eigenvalue weighted by molar-refractivity contribution is 0.325. The largest absolute Gasteiger partial charge is 0.370 e. The molecule has 1 saturated heterocycles. The maximum atomic E-state index is 5.11. The quantitative estimate of drug-likeness (QED) is 0.143. The molecular weight excluding hydrogens is 518 g/mol. The van der Waals surface area contributed by atoms with E-state index in [9.17, 15) is 0 Å². The van der Waals surface area contributed by atoms with Crippen molar-refractivity contribution >= 4 is 17.5 Å². The highest BCUT2D eigenvalue weighted by atomic mass is 32.2. The predicted molar refractivity (Wildman–Crippen MR) is 178 cm³/mol. The summed E-state index contributed by atoms with van der Waals surface area (Å²) in [5.74, 6) is 2.50. The van der Waals surface area contributed by atoms with Gasteiger partial charge in [0.2, 0.25) is 0 Å². The fourth-order valence-electron chi connectivity index (χ4n) is 7.19. The van der Waals surface area contributed by atoms with Crippen molar-refractivity contribution in [2.45, 2.75) is 134 Å². The molecule has 1 aromatic carbocycles. The SMILES string of the molecule is C=C(c1nn(CC(C)=C2CC2)c2c1C1C(C2)[C@H]1C)N1CCCCC1.CCCCCC(CCC)Sc1ccccc1C. The van der Waals surface area contributed by atoms with Crippen molar-refractivity contribution in [2.24, 2.45) is 11.8 Å². The molecule has 3 fully saturated rings. The molecule has 2 aromatic rings. The summed E-state index contributed by atoms with van der Waals surface area (Å²) in [6.45, 7) is 19.3. The molecule has 6 rings (SSSR count). The van der Waals surface area contributed by atoms with E-state index in [0.29, 0.717) is 0 Å². The summed E-state index contributed by atoms with van der Waals surface area (Å²) in [4.78, 5) is 3.96. The molecule has 3 aliphatic carbocycles. The first-order valence-corrected chi connectivity index (χ1v) is 17.7. The van der Waals surface area contributed by atoms with E-state index in [1.165, 1.54) is 105 Å². The van der Waals surface area contributed by atoms with Crippen molar-refractivity contribution in [1.29, 1.82) is 0 Å². The van der Waals surface area contributed by atoms with Crippen LogP contribution < -0.4 is 0 Å². The lowest BCUT2D eigenvalue weighted by Crippen LogP contribution is -2.28. The van der Waals surface area contributed by atoms with Crippen LogP contribution in [0.25, 0.3) is 5.70 Å². The normalized spacial score (nSPS) is 22.9. The van der Waals surface area contributed by atoms with Crippen LogP contribution >= 0.6 is 11.8 Å². The van der Waals surface area contributed by atoms with Gasteiger partial charge >= 0.3 is 0 Å². The molecule has 4 heteroatoms. The second kappa shape index (κ2) is 14.0. The minimum absolute atomic E-state index is 0.763. The van der Waals surface area contributed by atoms with Gasteiger partial charge < -0.3 is 4.90 Å². The van der Waals surface area contributed by atoms with Gasteiger partial charge in [-0.2, -0.15) is 5.10 Å². The Morgan fingerprint density at radius 3 is 2.49 bits per heavy atom. The Balaban J connectivity index is 0.000000177. The van der Waals surface area contributed by atoms with Gasteiger partial charge in [-0.25, -0.2) is 0 Å². The Hall–Kier alpha value is -1.94. The maximum Gasteiger partial charge on any atom is 0.112 e. The van der Waals surface area contributed by atoms with Crippen LogP contribution in [0.5, 0.6) is 0 Å². The van der Waals surface area contributed by atoms with Gasteiger partial charge in [0.1, 0.15) is 5.69 Å². The fourth-order valence-corrected chi connectivity index (χ4v) is 8.60. The molecule has 4 aliphatic rings. The Morgan fingerprint density at radius 2 is 1.80 bits per heavy atom. The highest BCUT2D eigenvalue weighted by molar-refractivity contribution is 8.00. The third kappa shape index (κ3) is 7.35. The van der Waals surface area contributed by atoms with Crippen molar-refractivity contribution in [3.05, 3.63) is 64.5 Å². The van der Waals surface area contributed by atoms with Crippen LogP contribution in [0.1, 0.15) is 127 Å². The molecule has 3 unspecified atom stereocenters. The van der Waals surface area contributed by atoms with Gasteiger partial charge in [-0.1, -0.05) is 82.4 Å². The van der Waals surface area contributed by atoms with E-state index in [-0.39, 0.29) is 0 Å². The average Bonchev–Trinajstić information content (AvgIpc) is 3.86. The number of allylic oxidation sites excluding steroid dienone is 2. The first-order chi connectivity index (χ1) is 19.9. The Labute approximate surface area is 255 Å². The van der Waals surface area contributed by atoms with E-state index < -0.39 is 0 Å². The van der Waals surface area contributed by atoms with Crippen LogP contribution in [0.2, 0.25) is 0 Å². The standard InChI is InChI=1S/C21H29N3.C16H26S/c1-13(16-7-8-16)12-24-18-11-17-14(2)19(17)20(18)21(22-24)15(3)23-9-5-4-6-10-23;1-4-6-7-12-15(10-5-2)17-16-13-9-8-11-14(16)3/h14,17,19H,3-12H2,1-2H3;8-9,11,13,15H,4-7,10,12H2,1-3H3/t14-,17?,19?;/m1./s1. The number of aromatic nitrogens is 2. The zero-order chi connectivity index (χ0) is 28.9. The Kier molecular flexibility index (Phi) is 10.4. The van der Waals surface area contributed by atoms with Gasteiger partial charge in [0.25, 0.3) is 0 Å². The number of hydrogen-bond acceptors (Lipinski definition) is 3. The molecule has 1 aliphatic heterocycles. The van der Waals surface area contributed by atoms with Gasteiger partial charge in [-0.3, -0.25) is 4.68 Å². The number of rotatable bonds is 12. The van der Waals surface area contributed by atoms with Crippen LogP contribution in [0, 0.1) is 18.8 Å².